The molecule has 5 N–H and O–H groups in total. The standard InChI is InChI=1S/C28H39N9O4Si.C28H41N9O2Si.C23H28FN7O4Si.C6H13N.C3H3ClO/c1-33(2)20-16-36(17-20)23-13-25(40-4)22(12-24(23)37(38)39)30-28-31-26(19-14-29-34(3)15-19)21-8-9-35(27(21)32-28)18-41-10-11-42(5,6)7;1-34(2)20-16-37(17-20)24-13-25(38-4)23(12-22(24)29)31-28-32-26(19-14-30-35(3)15-19)21-8-9-36(27(21)33-28)18-39-10-11-40(5,6)7;1-29-13-15(12-25-29)21-16-6-7-30(14-35-8-9-36(3,4)5)22(16)28-23(27-21)26-18-11-19(31(32)33)17(24)10-20(18)34-2;1-7(2)6-4-3-5-6;1-2-3(4)5/h8-9,12-15,20H,10-11,16-18H2,1-7H3,(H,30,31,32);8-9,12-15,20H,10-11,16-18,29H2,1-7H3,(H,31,32,33);6-7,10-13H,8-9,14H2,1-5H3,(H,26,27,28);6H,3-5H2,1-2H3;2H,1H2. The molecule has 3 fully saturated rings. The molecule has 0 bridgehead atoms. The number of hydrogen-bond acceptors (Lipinski definition) is 29. The molecule has 15 rings (SSSR count). The van der Waals surface area contributed by atoms with Crippen molar-refractivity contribution in [1.82, 2.24) is 87.6 Å². The van der Waals surface area contributed by atoms with Crippen LogP contribution in [-0.2, 0) is 60.3 Å². The number of nitro groups is 2. The SMILES string of the molecule is C=CC(=O)Cl.CN(C)C1CCC1.COc1cc(F)c([N+](=O)[O-])cc1Nc1nc(-c2cnn(C)c2)c2ccn(COCC[Si](C)(C)C)c2n1.COc1cc(N2CC(N(C)C)C2)c(N)cc1Nc1nc(-c2cnn(C)c2)c2ccn(COCC[Si](C)(C)C)c2n1.COc1cc(N2CC(N(C)C)C2)c([N+](=O)[O-])cc1Nc1nc(-c2cnn(C)c2)c2ccn(COCC[Si](C)(C)C)c2n1. The molecule has 11 heterocycles. The van der Waals surface area contributed by atoms with Crippen molar-refractivity contribution in [2.75, 3.05) is 141 Å². The molecule has 42 heteroatoms. The Bertz CT molecular complexity index is 5920. The van der Waals surface area contributed by atoms with E-state index < -0.39 is 45.9 Å². The Morgan fingerprint density at radius 1 is 0.523 bits per heavy atom. The Balaban J connectivity index is 0.000000177. The number of anilines is 9. The number of nitrogens with zero attached hydrogens (tertiary/aromatic N) is 22. The average Bonchev–Trinajstić information content (AvgIpc) is 1.30. The first-order chi connectivity index (χ1) is 61.6. The van der Waals surface area contributed by atoms with Gasteiger partial charge in [-0.2, -0.15) is 34.6 Å². The number of nitrogen functional groups attached to an aromatic ring is 1. The van der Waals surface area contributed by atoms with Crippen molar-refractivity contribution in [2.45, 2.75) is 135 Å². The highest BCUT2D eigenvalue weighted by molar-refractivity contribution is 6.76. The number of fused-ring (bicyclic) bond motifs is 3. The molecule has 2 saturated heterocycles. The van der Waals surface area contributed by atoms with Crippen LogP contribution in [0.2, 0.25) is 77.1 Å². The normalized spacial score (nSPS) is 13.6. The van der Waals surface area contributed by atoms with E-state index in [1.807, 2.05) is 121 Å². The van der Waals surface area contributed by atoms with E-state index in [-0.39, 0.29) is 33.9 Å². The maximum atomic E-state index is 14.1. The largest absolute Gasteiger partial charge is 0.494 e. The molecular weight excluding hydrogens is 1740 g/mol. The molecule has 3 aromatic carbocycles. The molecule has 9 aromatic heterocycles. The highest BCUT2D eigenvalue weighted by Gasteiger charge is 2.36. The zero-order chi connectivity index (χ0) is 94.4. The molecule has 0 unspecified atom stereocenters. The van der Waals surface area contributed by atoms with Gasteiger partial charge in [0.25, 0.3) is 5.69 Å². The highest BCUT2D eigenvalue weighted by Crippen LogP contribution is 2.44. The van der Waals surface area contributed by atoms with Gasteiger partial charge in [-0.25, -0.2) is 15.0 Å². The number of carbonyl (C=O) groups is 1. The zero-order valence-corrected chi connectivity index (χ0v) is 82.1. The molecule has 0 atom stereocenters. The van der Waals surface area contributed by atoms with E-state index in [4.69, 9.17) is 65.7 Å². The van der Waals surface area contributed by atoms with Gasteiger partial charge in [0.05, 0.1) is 95.3 Å². The van der Waals surface area contributed by atoms with Crippen molar-refractivity contribution >= 4 is 138 Å². The lowest BCUT2D eigenvalue weighted by molar-refractivity contribution is -0.387. The van der Waals surface area contributed by atoms with E-state index >= 15 is 0 Å². The van der Waals surface area contributed by atoms with Gasteiger partial charge in [0, 0.05) is 210 Å². The van der Waals surface area contributed by atoms with Gasteiger partial charge in [0.1, 0.15) is 60.1 Å². The van der Waals surface area contributed by atoms with Crippen LogP contribution in [0.25, 0.3) is 66.9 Å². The average molecular weight is 1860 g/mol. The fraction of sp³-hybridized carbons (Fsp3) is 0.455. The summed E-state index contributed by atoms with van der Waals surface area (Å²) >= 11 is 4.71. The van der Waals surface area contributed by atoms with Gasteiger partial charge in [0.15, 0.2) is 0 Å². The molecule has 0 spiro atoms. The number of carbonyl (C=O) groups excluding carboxylic acids is 1. The number of benzene rings is 3. The maximum Gasteiger partial charge on any atom is 0.307 e. The predicted octanol–water partition coefficient (Wildman–Crippen LogP) is 15.8. The van der Waals surface area contributed by atoms with E-state index in [2.05, 4.69) is 155 Å². The Morgan fingerprint density at radius 3 is 1.13 bits per heavy atom. The summed E-state index contributed by atoms with van der Waals surface area (Å²) in [4.78, 5) is 71.4. The molecule has 0 amide bonds. The minimum atomic E-state index is -1.23. The number of halogens is 2. The zero-order valence-electron chi connectivity index (χ0n) is 78.4. The molecular formula is C88H124ClFN26O11Si3. The number of likely N-dealkylation sites (N-methyl/N-ethyl adjacent to an activating group) is 2. The number of aromatic nitrogens is 15. The van der Waals surface area contributed by atoms with Crippen LogP contribution in [0.5, 0.6) is 17.2 Å². The first-order valence-corrected chi connectivity index (χ1v) is 54.4. The van der Waals surface area contributed by atoms with Crippen molar-refractivity contribution < 1.29 is 47.5 Å². The van der Waals surface area contributed by atoms with E-state index in [9.17, 15) is 29.4 Å². The van der Waals surface area contributed by atoms with Crippen molar-refractivity contribution in [2.24, 2.45) is 21.1 Å². The summed E-state index contributed by atoms with van der Waals surface area (Å²) in [7, 11) is 19.0. The molecule has 37 nitrogen and oxygen atoms in total. The van der Waals surface area contributed by atoms with Crippen LogP contribution in [0.4, 0.5) is 67.7 Å². The van der Waals surface area contributed by atoms with Gasteiger partial charge in [0.2, 0.25) is 28.9 Å². The lowest BCUT2D eigenvalue weighted by Gasteiger charge is -2.44. The monoisotopic (exact) mass is 1860 g/mol. The summed E-state index contributed by atoms with van der Waals surface area (Å²) in [6.45, 7) is 30.4. The van der Waals surface area contributed by atoms with Crippen molar-refractivity contribution in [3.05, 3.63) is 149 Å². The lowest BCUT2D eigenvalue weighted by Crippen LogP contribution is -2.57. The first kappa shape index (κ1) is 98.8. The number of nitrogens with two attached hydrogens (primary N) is 1. The Labute approximate surface area is 765 Å². The minimum absolute atomic E-state index is 0.0109. The van der Waals surface area contributed by atoms with E-state index in [1.54, 1.807) is 53.8 Å². The van der Waals surface area contributed by atoms with Gasteiger partial charge in [-0.3, -0.25) is 39.1 Å². The molecule has 2 aliphatic heterocycles. The summed E-state index contributed by atoms with van der Waals surface area (Å²) in [5.41, 5.74) is 15.9. The molecule has 1 aliphatic carbocycles. The smallest absolute Gasteiger partial charge is 0.307 e. The maximum absolute atomic E-state index is 14.1. The van der Waals surface area contributed by atoms with Gasteiger partial charge >= 0.3 is 5.69 Å². The van der Waals surface area contributed by atoms with Gasteiger partial charge in [-0.1, -0.05) is 71.9 Å². The van der Waals surface area contributed by atoms with Crippen LogP contribution in [0.3, 0.4) is 0 Å². The van der Waals surface area contributed by atoms with Crippen LogP contribution >= 0.6 is 11.6 Å². The number of hydrogen-bond donors (Lipinski definition) is 4. The molecule has 12 aromatic rings. The predicted molar refractivity (Wildman–Crippen MR) is 520 cm³/mol. The fourth-order valence-corrected chi connectivity index (χ4v) is 16.4. The highest BCUT2D eigenvalue weighted by atomic mass is 35.5. The van der Waals surface area contributed by atoms with Crippen LogP contribution in [-0.4, -0.2) is 255 Å². The van der Waals surface area contributed by atoms with Crippen LogP contribution < -0.4 is 45.7 Å². The lowest BCUT2D eigenvalue weighted by atomic mass is 9.92. The van der Waals surface area contributed by atoms with Crippen LogP contribution in [0.15, 0.2) is 123 Å². The molecule has 698 valence electrons. The summed E-state index contributed by atoms with van der Waals surface area (Å²) < 4.78 is 59.8. The summed E-state index contributed by atoms with van der Waals surface area (Å²) in [6.07, 6.45) is 22.1. The summed E-state index contributed by atoms with van der Waals surface area (Å²) in [5, 5.41) is 48.0. The van der Waals surface area contributed by atoms with Crippen molar-refractivity contribution in [3.8, 4) is 51.0 Å². The molecule has 130 heavy (non-hydrogen) atoms. The number of rotatable bonds is 35. The van der Waals surface area contributed by atoms with Gasteiger partial charge in [-0.15, -0.1) is 0 Å². The fourth-order valence-electron chi connectivity index (χ4n) is 14.1. The number of aryl methyl sites for hydroxylation is 3. The van der Waals surface area contributed by atoms with E-state index in [0.717, 1.165) is 112 Å². The first-order valence-electron chi connectivity index (χ1n) is 42.9. The van der Waals surface area contributed by atoms with Crippen LogP contribution in [0, 0.1) is 26.0 Å². The third kappa shape index (κ3) is 25.9. The van der Waals surface area contributed by atoms with Crippen molar-refractivity contribution in [3.63, 3.8) is 0 Å². The number of methoxy groups -OCH3 is 3. The number of nitrogens with one attached hydrogen (secondary N) is 3. The number of allylic oxidation sites excluding steroid dienone is 1. The Morgan fingerprint density at radius 2 is 0.846 bits per heavy atom. The summed E-state index contributed by atoms with van der Waals surface area (Å²) in [6, 6.07) is 20.0. The van der Waals surface area contributed by atoms with Gasteiger partial charge in [-0.05, 0) is 115 Å². The summed E-state index contributed by atoms with van der Waals surface area (Å²) in [5.74, 6) is 1.09. The number of nitro benzene ring substituents is 2. The van der Waals surface area contributed by atoms with Crippen LogP contribution in [0.1, 0.15) is 19.3 Å². The van der Waals surface area contributed by atoms with Crippen molar-refractivity contribution in [1.29, 1.82) is 0 Å². The Hall–Kier alpha value is -11.8. The molecule has 1 saturated carbocycles. The van der Waals surface area contributed by atoms with Gasteiger partial charge < -0.3 is 88.3 Å². The topological polar surface area (TPSA) is 383 Å². The molecule has 3 aliphatic rings. The van der Waals surface area contributed by atoms with E-state index in [0.29, 0.717) is 121 Å². The second kappa shape index (κ2) is 43.3. The third-order valence-corrected chi connectivity index (χ3v) is 27.6. The second-order valence-corrected chi connectivity index (χ2v) is 53.9. The third-order valence-electron chi connectivity index (χ3n) is 22.4. The second-order valence-electron chi connectivity index (χ2n) is 36.7. The quantitative estimate of drug-likeness (QED) is 0.00545. The minimum Gasteiger partial charge on any atom is -0.494 e. The number of ether oxygens (including phenoxy) is 6. The van der Waals surface area contributed by atoms with E-state index in [1.165, 1.54) is 32.4 Å². The molecule has 0 radical (unpaired) electrons. The Kier molecular flexibility index (Phi) is 32.9.